The predicted molar refractivity (Wildman–Crippen MR) is 89.5 cm³/mol. The molecule has 1 aromatic carbocycles. The van der Waals surface area contributed by atoms with E-state index in [1.165, 1.54) is 10.6 Å². The highest BCUT2D eigenvalue weighted by Gasteiger charge is 2.25. The number of nitrogens with zero attached hydrogens (tertiary/aromatic N) is 4. The smallest absolute Gasteiger partial charge is 0.317 e. The number of nitrogens with one attached hydrogen (secondary N) is 1. The van der Waals surface area contributed by atoms with Crippen LogP contribution in [0.4, 0.5) is 4.79 Å². The van der Waals surface area contributed by atoms with Gasteiger partial charge in [0.2, 0.25) is 4.96 Å². The number of rotatable bonds is 2. The third kappa shape index (κ3) is 2.46. The largest absolute Gasteiger partial charge is 0.338 e. The number of amides is 2. The van der Waals surface area contributed by atoms with Gasteiger partial charge in [-0.1, -0.05) is 41.7 Å². The molecule has 0 atom stereocenters. The van der Waals surface area contributed by atoms with Crippen molar-refractivity contribution < 1.29 is 4.79 Å². The molecule has 0 saturated heterocycles. The second-order valence-corrected chi connectivity index (χ2v) is 6.54. The Balaban J connectivity index is 1.65. The predicted octanol–water partition coefficient (Wildman–Crippen LogP) is 2.55. The van der Waals surface area contributed by atoms with Crippen LogP contribution in [0, 0.1) is 0 Å². The van der Waals surface area contributed by atoms with Crippen molar-refractivity contribution in [2.45, 2.75) is 19.9 Å². The summed E-state index contributed by atoms with van der Waals surface area (Å²) in [6.07, 6.45) is 0.810. The summed E-state index contributed by atoms with van der Waals surface area (Å²) in [6.45, 7) is 3.93. The average Bonchev–Trinajstić information content (AvgIpc) is 3.13. The zero-order chi connectivity index (χ0) is 15.8. The molecule has 1 N–H and O–H groups in total. The van der Waals surface area contributed by atoms with Crippen LogP contribution in [0.2, 0.25) is 0 Å². The van der Waals surface area contributed by atoms with E-state index in [1.807, 2.05) is 46.7 Å². The van der Waals surface area contributed by atoms with Gasteiger partial charge in [0, 0.05) is 30.0 Å². The van der Waals surface area contributed by atoms with Crippen LogP contribution in [0.1, 0.15) is 17.5 Å². The summed E-state index contributed by atoms with van der Waals surface area (Å²) >= 11 is 1.62. The second-order valence-electron chi connectivity index (χ2n) is 5.47. The Morgan fingerprint density at radius 1 is 1.35 bits per heavy atom. The number of urea groups is 1. The summed E-state index contributed by atoms with van der Waals surface area (Å²) in [4.78, 5) is 20.5. The molecule has 3 heterocycles. The van der Waals surface area contributed by atoms with E-state index < -0.39 is 0 Å². The monoisotopic (exact) mass is 327 g/mol. The van der Waals surface area contributed by atoms with Crippen molar-refractivity contribution in [2.24, 2.45) is 0 Å². The zero-order valence-electron chi connectivity index (χ0n) is 12.8. The van der Waals surface area contributed by atoms with Gasteiger partial charge in [-0.2, -0.15) is 4.98 Å². The molecule has 4 rings (SSSR count). The fraction of sp³-hybridized carbons (Fsp3) is 0.312. The molecular formula is C16H17N5OS. The molecule has 0 fully saturated rings. The van der Waals surface area contributed by atoms with E-state index in [0.29, 0.717) is 19.6 Å². The van der Waals surface area contributed by atoms with Crippen LogP contribution in [0.15, 0.2) is 30.3 Å². The molecular weight excluding hydrogens is 310 g/mol. The number of benzene rings is 1. The molecule has 2 amide bonds. The van der Waals surface area contributed by atoms with E-state index in [2.05, 4.69) is 15.4 Å². The van der Waals surface area contributed by atoms with Crippen molar-refractivity contribution in [1.29, 1.82) is 0 Å². The lowest BCUT2D eigenvalue weighted by atomic mass is 10.2. The van der Waals surface area contributed by atoms with E-state index in [1.54, 1.807) is 11.3 Å². The fourth-order valence-corrected chi connectivity index (χ4v) is 3.95. The van der Waals surface area contributed by atoms with Gasteiger partial charge in [0.05, 0.1) is 12.2 Å². The molecule has 1 aliphatic heterocycles. The third-order valence-corrected chi connectivity index (χ3v) is 5.03. The maximum Gasteiger partial charge on any atom is 0.317 e. The van der Waals surface area contributed by atoms with Gasteiger partial charge in [-0.25, -0.2) is 9.31 Å². The Hall–Kier alpha value is -2.41. The number of thiazole rings is 1. The second kappa shape index (κ2) is 5.66. The number of carbonyl (C=O) groups excluding carboxylic acids is 1. The molecule has 0 radical (unpaired) electrons. The first-order valence-electron chi connectivity index (χ1n) is 7.71. The topological polar surface area (TPSA) is 62.5 Å². The van der Waals surface area contributed by atoms with Crippen molar-refractivity contribution in [3.8, 4) is 11.4 Å². The minimum atomic E-state index is 0.00197. The van der Waals surface area contributed by atoms with Crippen molar-refractivity contribution in [3.63, 3.8) is 0 Å². The van der Waals surface area contributed by atoms with Gasteiger partial charge >= 0.3 is 6.03 Å². The fourth-order valence-electron chi connectivity index (χ4n) is 2.83. The minimum absolute atomic E-state index is 0.00197. The average molecular weight is 327 g/mol. The normalized spacial score (nSPS) is 14.0. The Labute approximate surface area is 137 Å². The first-order valence-corrected chi connectivity index (χ1v) is 8.53. The van der Waals surface area contributed by atoms with E-state index in [0.717, 1.165) is 22.8 Å². The van der Waals surface area contributed by atoms with E-state index in [4.69, 9.17) is 0 Å². The molecule has 118 valence electrons. The molecule has 0 spiro atoms. The van der Waals surface area contributed by atoms with Crippen molar-refractivity contribution >= 4 is 22.3 Å². The van der Waals surface area contributed by atoms with Gasteiger partial charge in [0.1, 0.15) is 0 Å². The first kappa shape index (κ1) is 14.2. The number of hydrogen-bond acceptors (Lipinski definition) is 4. The van der Waals surface area contributed by atoms with Crippen molar-refractivity contribution in [1.82, 2.24) is 24.8 Å². The van der Waals surface area contributed by atoms with Crippen LogP contribution >= 0.6 is 11.3 Å². The summed E-state index contributed by atoms with van der Waals surface area (Å²) in [5.41, 5.74) is 2.21. The number of fused-ring (bicyclic) bond motifs is 3. The van der Waals surface area contributed by atoms with Gasteiger partial charge in [-0.05, 0) is 6.92 Å². The molecule has 0 saturated carbocycles. The van der Waals surface area contributed by atoms with Crippen LogP contribution in [0.3, 0.4) is 0 Å². The van der Waals surface area contributed by atoms with Crippen LogP contribution in [-0.2, 0) is 13.0 Å². The van der Waals surface area contributed by atoms with Gasteiger partial charge in [0.25, 0.3) is 0 Å². The molecule has 0 bridgehead atoms. The lowest BCUT2D eigenvalue weighted by molar-refractivity contribution is 0.193. The van der Waals surface area contributed by atoms with Gasteiger partial charge in [-0.15, -0.1) is 5.10 Å². The number of carbonyl (C=O) groups is 1. The van der Waals surface area contributed by atoms with Gasteiger partial charge in [0.15, 0.2) is 5.82 Å². The zero-order valence-corrected chi connectivity index (χ0v) is 13.6. The van der Waals surface area contributed by atoms with Crippen LogP contribution in [0.5, 0.6) is 0 Å². The highest BCUT2D eigenvalue weighted by Crippen LogP contribution is 2.29. The van der Waals surface area contributed by atoms with E-state index >= 15 is 0 Å². The van der Waals surface area contributed by atoms with Gasteiger partial charge in [-0.3, -0.25) is 0 Å². The lowest BCUT2D eigenvalue weighted by Gasteiger charge is -2.26. The van der Waals surface area contributed by atoms with Crippen molar-refractivity contribution in [3.05, 3.63) is 40.9 Å². The highest BCUT2D eigenvalue weighted by molar-refractivity contribution is 7.17. The molecule has 23 heavy (non-hydrogen) atoms. The summed E-state index contributed by atoms with van der Waals surface area (Å²) in [6, 6.07) is 10.0. The lowest BCUT2D eigenvalue weighted by Crippen LogP contribution is -2.42. The molecule has 0 unspecified atom stereocenters. The molecule has 0 aliphatic carbocycles. The third-order valence-electron chi connectivity index (χ3n) is 3.97. The molecule has 3 aromatic rings. The SMILES string of the molecule is CCNC(=O)N1CCc2c(sc3nc(-c4ccccc4)nn23)C1. The number of hydrogen-bond donors (Lipinski definition) is 1. The molecule has 2 aromatic heterocycles. The maximum absolute atomic E-state index is 12.0. The van der Waals surface area contributed by atoms with Gasteiger partial charge < -0.3 is 10.2 Å². The van der Waals surface area contributed by atoms with Crippen LogP contribution in [-0.4, -0.2) is 38.6 Å². The number of aromatic nitrogens is 3. The summed E-state index contributed by atoms with van der Waals surface area (Å²) in [7, 11) is 0. The maximum atomic E-state index is 12.0. The minimum Gasteiger partial charge on any atom is -0.338 e. The Morgan fingerprint density at radius 3 is 2.96 bits per heavy atom. The van der Waals surface area contributed by atoms with Crippen LogP contribution in [0.25, 0.3) is 16.3 Å². The molecule has 7 heteroatoms. The first-order chi connectivity index (χ1) is 11.3. The molecule has 6 nitrogen and oxygen atoms in total. The van der Waals surface area contributed by atoms with E-state index in [9.17, 15) is 4.79 Å². The molecule has 1 aliphatic rings. The Kier molecular flexibility index (Phi) is 3.49. The summed E-state index contributed by atoms with van der Waals surface area (Å²) in [5.74, 6) is 0.755. The Morgan fingerprint density at radius 2 is 2.17 bits per heavy atom. The highest BCUT2D eigenvalue weighted by atomic mass is 32.1. The standard InChI is InChI=1S/C16H17N5OS/c1-2-17-15(22)20-9-8-12-13(10-20)23-16-18-14(19-21(12)16)11-6-4-3-5-7-11/h3-7H,2,8-10H2,1H3,(H,17,22). The Bertz CT molecular complexity index is 854. The summed E-state index contributed by atoms with van der Waals surface area (Å²) in [5, 5.41) is 7.52. The van der Waals surface area contributed by atoms with Crippen molar-refractivity contribution in [2.75, 3.05) is 13.1 Å². The summed E-state index contributed by atoms with van der Waals surface area (Å²) < 4.78 is 1.94. The van der Waals surface area contributed by atoms with Crippen LogP contribution < -0.4 is 5.32 Å². The quantitative estimate of drug-likeness (QED) is 0.787. The van der Waals surface area contributed by atoms with E-state index in [-0.39, 0.29) is 6.03 Å².